The number of sulfone groups is 1. The van der Waals surface area contributed by atoms with Crippen molar-refractivity contribution in [2.24, 2.45) is 0 Å². The van der Waals surface area contributed by atoms with Gasteiger partial charge >= 0.3 is 0 Å². The molecule has 1 amide bonds. The lowest BCUT2D eigenvalue weighted by molar-refractivity contribution is -0.121. The minimum Gasteiger partial charge on any atom is -0.341 e. The number of hydrogen-bond acceptors (Lipinski definition) is 4. The van der Waals surface area contributed by atoms with Crippen LogP contribution in [0.4, 0.5) is 0 Å². The molecule has 0 aromatic rings. The van der Waals surface area contributed by atoms with Gasteiger partial charge < -0.3 is 5.32 Å². The third-order valence-electron chi connectivity index (χ3n) is 2.10. The summed E-state index contributed by atoms with van der Waals surface area (Å²) >= 11 is 0. The first kappa shape index (κ1) is 11.5. The Kier molecular flexibility index (Phi) is 3.88. The molecule has 1 aliphatic heterocycles. The second-order valence-corrected chi connectivity index (χ2v) is 5.86. The number of nitrogens with one attached hydrogen (secondary N) is 2. The van der Waals surface area contributed by atoms with Crippen LogP contribution in [0.5, 0.6) is 0 Å². The lowest BCUT2D eigenvalue weighted by Crippen LogP contribution is -2.41. The summed E-state index contributed by atoms with van der Waals surface area (Å²) in [6, 6.07) is 0. The van der Waals surface area contributed by atoms with Crippen molar-refractivity contribution in [3.63, 3.8) is 0 Å². The fourth-order valence-corrected chi connectivity index (χ4v) is 1.91. The number of rotatable bonds is 4. The topological polar surface area (TPSA) is 75.3 Å². The van der Waals surface area contributed by atoms with Crippen LogP contribution in [0, 0.1) is 0 Å². The third-order valence-corrected chi connectivity index (χ3v) is 3.04. The van der Waals surface area contributed by atoms with Crippen LogP contribution in [-0.2, 0) is 14.6 Å². The van der Waals surface area contributed by atoms with E-state index in [-0.39, 0.29) is 24.2 Å². The van der Waals surface area contributed by atoms with Gasteiger partial charge in [0.25, 0.3) is 0 Å². The van der Waals surface area contributed by atoms with Crippen LogP contribution in [0.15, 0.2) is 0 Å². The van der Waals surface area contributed by atoms with Crippen molar-refractivity contribution in [1.29, 1.82) is 0 Å². The summed E-state index contributed by atoms with van der Waals surface area (Å²) in [6.07, 6.45) is 3.19. The van der Waals surface area contributed by atoms with Gasteiger partial charge in [0.1, 0.15) is 9.84 Å². The maximum absolute atomic E-state index is 11.2. The van der Waals surface area contributed by atoms with Crippen molar-refractivity contribution in [3.05, 3.63) is 0 Å². The van der Waals surface area contributed by atoms with E-state index in [1.54, 1.807) is 0 Å². The van der Waals surface area contributed by atoms with Crippen LogP contribution in [0.2, 0.25) is 0 Å². The first-order valence-corrected chi connectivity index (χ1v) is 6.74. The quantitative estimate of drug-likeness (QED) is 0.653. The Morgan fingerprint density at radius 2 is 2.29 bits per heavy atom. The maximum Gasteiger partial charge on any atom is 0.222 e. The number of carbonyl (C=O) groups excluding carboxylic acids is 1. The summed E-state index contributed by atoms with van der Waals surface area (Å²) in [5, 5.41) is 5.84. The molecule has 1 atom stereocenters. The Morgan fingerprint density at radius 3 is 2.79 bits per heavy atom. The Labute approximate surface area is 84.2 Å². The number of amides is 1. The second kappa shape index (κ2) is 4.75. The van der Waals surface area contributed by atoms with E-state index in [2.05, 4.69) is 10.6 Å². The lowest BCUT2D eigenvalue weighted by atomic mass is 10.3. The molecular weight excluding hydrogens is 204 g/mol. The average Bonchev–Trinajstić information content (AvgIpc) is 2.52. The molecule has 14 heavy (non-hydrogen) atoms. The van der Waals surface area contributed by atoms with Gasteiger partial charge in [-0.3, -0.25) is 10.1 Å². The molecule has 1 heterocycles. The summed E-state index contributed by atoms with van der Waals surface area (Å²) < 4.78 is 21.6. The van der Waals surface area contributed by atoms with Crippen LogP contribution in [0.3, 0.4) is 0 Å². The first-order chi connectivity index (χ1) is 6.47. The van der Waals surface area contributed by atoms with Crippen molar-refractivity contribution < 1.29 is 13.2 Å². The molecule has 5 nitrogen and oxygen atoms in total. The summed E-state index contributed by atoms with van der Waals surface area (Å²) in [7, 11) is -3.03. The standard InChI is InChI=1S/C8H16N2O3S/c1-14(12,13)6-4-8(11)10-7-3-2-5-9-7/h7,9H,2-6H2,1H3,(H,10,11). The number of carbonyl (C=O) groups is 1. The fourth-order valence-electron chi connectivity index (χ4n) is 1.35. The third kappa shape index (κ3) is 4.57. The zero-order valence-corrected chi connectivity index (χ0v) is 9.06. The summed E-state index contributed by atoms with van der Waals surface area (Å²) in [5.74, 6) is -0.277. The van der Waals surface area contributed by atoms with Crippen molar-refractivity contribution in [2.45, 2.75) is 25.4 Å². The normalized spacial score (nSPS) is 22.2. The largest absolute Gasteiger partial charge is 0.341 e. The smallest absolute Gasteiger partial charge is 0.222 e. The predicted molar refractivity (Wildman–Crippen MR) is 53.5 cm³/mol. The molecular formula is C8H16N2O3S. The molecule has 1 rings (SSSR count). The molecule has 2 N–H and O–H groups in total. The molecule has 0 bridgehead atoms. The van der Waals surface area contributed by atoms with Crippen LogP contribution in [0.25, 0.3) is 0 Å². The number of hydrogen-bond donors (Lipinski definition) is 2. The van der Waals surface area contributed by atoms with Gasteiger partial charge in [0.2, 0.25) is 5.91 Å². The molecule has 0 aliphatic carbocycles. The van der Waals surface area contributed by atoms with E-state index in [0.29, 0.717) is 0 Å². The Morgan fingerprint density at radius 1 is 1.57 bits per heavy atom. The summed E-state index contributed by atoms with van der Waals surface area (Å²) in [4.78, 5) is 11.2. The average molecular weight is 220 g/mol. The highest BCUT2D eigenvalue weighted by Gasteiger charge is 2.16. The van der Waals surface area contributed by atoms with Gasteiger partial charge in [0.15, 0.2) is 0 Å². The van der Waals surface area contributed by atoms with Crippen molar-refractivity contribution in [1.82, 2.24) is 10.6 Å². The fraction of sp³-hybridized carbons (Fsp3) is 0.875. The predicted octanol–water partition coefficient (Wildman–Crippen LogP) is -0.753. The minimum atomic E-state index is -3.03. The van der Waals surface area contributed by atoms with Crippen LogP contribution in [0.1, 0.15) is 19.3 Å². The van der Waals surface area contributed by atoms with Crippen molar-refractivity contribution in [3.8, 4) is 0 Å². The summed E-state index contributed by atoms with van der Waals surface area (Å²) in [6.45, 7) is 0.914. The van der Waals surface area contributed by atoms with Gasteiger partial charge in [0.05, 0.1) is 11.9 Å². The maximum atomic E-state index is 11.2. The van der Waals surface area contributed by atoms with E-state index in [4.69, 9.17) is 0 Å². The summed E-state index contributed by atoms with van der Waals surface area (Å²) in [5.41, 5.74) is 0. The van der Waals surface area contributed by atoms with Crippen molar-refractivity contribution >= 4 is 15.7 Å². The molecule has 0 radical (unpaired) electrons. The van der Waals surface area contributed by atoms with E-state index in [0.717, 1.165) is 25.6 Å². The molecule has 0 saturated carbocycles. The Hall–Kier alpha value is -0.620. The van der Waals surface area contributed by atoms with Crippen LogP contribution < -0.4 is 10.6 Å². The minimum absolute atomic E-state index is 0.0297. The highest BCUT2D eigenvalue weighted by atomic mass is 32.2. The van der Waals surface area contributed by atoms with E-state index in [1.165, 1.54) is 0 Å². The van der Waals surface area contributed by atoms with Crippen LogP contribution in [-0.4, -0.2) is 39.0 Å². The van der Waals surface area contributed by atoms with E-state index < -0.39 is 9.84 Å². The molecule has 1 fully saturated rings. The Bertz CT molecular complexity index is 294. The van der Waals surface area contributed by atoms with Gasteiger partial charge in [-0.15, -0.1) is 0 Å². The van der Waals surface area contributed by atoms with E-state index in [1.807, 2.05) is 0 Å². The molecule has 1 unspecified atom stereocenters. The molecule has 82 valence electrons. The van der Waals surface area contributed by atoms with Gasteiger partial charge in [-0.1, -0.05) is 0 Å². The molecule has 0 aromatic carbocycles. The molecule has 1 saturated heterocycles. The van der Waals surface area contributed by atoms with Gasteiger partial charge in [-0.2, -0.15) is 0 Å². The van der Waals surface area contributed by atoms with Gasteiger partial charge in [0, 0.05) is 12.7 Å². The molecule has 0 spiro atoms. The van der Waals surface area contributed by atoms with Gasteiger partial charge in [-0.05, 0) is 19.4 Å². The zero-order chi connectivity index (χ0) is 10.6. The van der Waals surface area contributed by atoms with Crippen molar-refractivity contribution in [2.75, 3.05) is 18.6 Å². The zero-order valence-electron chi connectivity index (χ0n) is 8.25. The van der Waals surface area contributed by atoms with Crippen LogP contribution >= 0.6 is 0 Å². The molecule has 1 aliphatic rings. The first-order valence-electron chi connectivity index (χ1n) is 4.68. The van der Waals surface area contributed by atoms with E-state index in [9.17, 15) is 13.2 Å². The van der Waals surface area contributed by atoms with E-state index >= 15 is 0 Å². The van der Waals surface area contributed by atoms with Gasteiger partial charge in [-0.25, -0.2) is 8.42 Å². The monoisotopic (exact) mass is 220 g/mol. The highest BCUT2D eigenvalue weighted by molar-refractivity contribution is 7.90. The SMILES string of the molecule is CS(=O)(=O)CCC(=O)NC1CCCN1. The molecule has 0 aromatic heterocycles. The molecule has 6 heteroatoms. The Balaban J connectivity index is 2.22. The second-order valence-electron chi connectivity index (χ2n) is 3.60. The lowest BCUT2D eigenvalue weighted by Gasteiger charge is -2.11. The highest BCUT2D eigenvalue weighted by Crippen LogP contribution is 2.01.